The Bertz CT molecular complexity index is 918. The van der Waals surface area contributed by atoms with Crippen molar-refractivity contribution in [2.45, 2.75) is 13.5 Å². The van der Waals surface area contributed by atoms with Crippen molar-refractivity contribution in [3.8, 4) is 11.3 Å². The van der Waals surface area contributed by atoms with Crippen molar-refractivity contribution in [1.82, 2.24) is 20.3 Å². The lowest BCUT2D eigenvalue weighted by Crippen LogP contribution is -2.23. The fraction of sp³-hybridized carbons (Fsp3) is 0.118. The van der Waals surface area contributed by atoms with E-state index in [9.17, 15) is 13.6 Å². The van der Waals surface area contributed by atoms with Crippen LogP contribution in [0.3, 0.4) is 0 Å². The number of carbonyl (C=O) groups excluding carboxylic acids is 1. The van der Waals surface area contributed by atoms with Crippen LogP contribution < -0.4 is 11.1 Å². The first kappa shape index (κ1) is 16.6. The Morgan fingerprint density at radius 2 is 1.96 bits per heavy atom. The number of nitrogens with zero attached hydrogens (tertiary/aromatic N) is 2. The van der Waals surface area contributed by atoms with Crippen molar-refractivity contribution in [1.29, 1.82) is 0 Å². The van der Waals surface area contributed by atoms with Gasteiger partial charge in [-0.15, -0.1) is 0 Å². The van der Waals surface area contributed by atoms with Crippen molar-refractivity contribution in [3.05, 3.63) is 65.1 Å². The number of carbonyl (C=O) groups is 1. The molecule has 1 amide bonds. The van der Waals surface area contributed by atoms with Crippen LogP contribution in [-0.4, -0.2) is 20.9 Å². The summed E-state index contributed by atoms with van der Waals surface area (Å²) in [7, 11) is 0. The van der Waals surface area contributed by atoms with Crippen LogP contribution >= 0.6 is 0 Å². The van der Waals surface area contributed by atoms with Gasteiger partial charge in [-0.3, -0.25) is 4.79 Å². The maximum atomic E-state index is 13.2. The van der Waals surface area contributed by atoms with Gasteiger partial charge in [0.2, 0.25) is 5.95 Å². The maximum Gasteiger partial charge on any atom is 0.267 e. The summed E-state index contributed by atoms with van der Waals surface area (Å²) in [6.07, 6.45) is 3.23. The molecule has 0 bridgehead atoms. The van der Waals surface area contributed by atoms with Gasteiger partial charge in [-0.05, 0) is 36.2 Å². The average Bonchev–Trinajstić information content (AvgIpc) is 3.04. The monoisotopic (exact) mass is 343 g/mol. The Labute approximate surface area is 142 Å². The van der Waals surface area contributed by atoms with E-state index in [1.54, 1.807) is 18.5 Å². The Balaban J connectivity index is 1.73. The minimum atomic E-state index is -0.691. The summed E-state index contributed by atoms with van der Waals surface area (Å²) >= 11 is 0. The van der Waals surface area contributed by atoms with Crippen molar-refractivity contribution < 1.29 is 13.6 Å². The molecule has 0 saturated heterocycles. The second kappa shape index (κ2) is 6.68. The summed E-state index contributed by atoms with van der Waals surface area (Å²) in [4.78, 5) is 23.1. The maximum absolute atomic E-state index is 13.2. The third-order valence-corrected chi connectivity index (χ3v) is 3.57. The summed E-state index contributed by atoms with van der Waals surface area (Å²) in [6.45, 7) is 1.83. The van der Waals surface area contributed by atoms with E-state index in [-0.39, 0.29) is 12.5 Å². The number of aromatic nitrogens is 3. The zero-order valence-electron chi connectivity index (χ0n) is 13.3. The van der Waals surface area contributed by atoms with E-state index in [1.165, 1.54) is 0 Å². The molecule has 6 nitrogen and oxygen atoms in total. The first-order chi connectivity index (χ1) is 11.9. The molecule has 25 heavy (non-hydrogen) atoms. The van der Waals surface area contributed by atoms with Crippen molar-refractivity contribution >= 4 is 11.9 Å². The molecule has 0 aliphatic rings. The van der Waals surface area contributed by atoms with E-state index in [1.807, 2.05) is 6.92 Å². The molecule has 2 aromatic heterocycles. The van der Waals surface area contributed by atoms with Crippen molar-refractivity contribution in [3.63, 3.8) is 0 Å². The largest absolute Gasteiger partial charge is 0.368 e. The Morgan fingerprint density at radius 3 is 2.68 bits per heavy atom. The Kier molecular flexibility index (Phi) is 4.42. The molecular formula is C17H15F2N5O. The minimum absolute atomic E-state index is 0.00134. The molecule has 4 N–H and O–H groups in total. The van der Waals surface area contributed by atoms with Crippen molar-refractivity contribution in [2.24, 2.45) is 0 Å². The van der Waals surface area contributed by atoms with Crippen LogP contribution in [0.2, 0.25) is 0 Å². The highest BCUT2D eigenvalue weighted by Crippen LogP contribution is 2.22. The van der Waals surface area contributed by atoms with Gasteiger partial charge in [0.15, 0.2) is 0 Å². The molecule has 3 rings (SSSR count). The van der Waals surface area contributed by atoms with Crippen LogP contribution in [0.25, 0.3) is 11.3 Å². The number of halogens is 2. The minimum Gasteiger partial charge on any atom is -0.368 e. The van der Waals surface area contributed by atoms with Gasteiger partial charge in [0.05, 0.1) is 5.69 Å². The Hall–Kier alpha value is -3.29. The second-order valence-corrected chi connectivity index (χ2v) is 5.52. The van der Waals surface area contributed by atoms with Crippen LogP contribution in [0.15, 0.2) is 36.7 Å². The van der Waals surface area contributed by atoms with Gasteiger partial charge >= 0.3 is 0 Å². The molecule has 2 heterocycles. The van der Waals surface area contributed by atoms with E-state index in [2.05, 4.69) is 20.3 Å². The molecule has 0 aliphatic heterocycles. The summed E-state index contributed by atoms with van der Waals surface area (Å²) in [5, 5.41) is 2.60. The number of anilines is 1. The van der Waals surface area contributed by atoms with Gasteiger partial charge in [-0.1, -0.05) is 0 Å². The number of aromatic amines is 1. The highest BCUT2D eigenvalue weighted by Gasteiger charge is 2.12. The summed E-state index contributed by atoms with van der Waals surface area (Å²) in [6, 6.07) is 4.72. The highest BCUT2D eigenvalue weighted by atomic mass is 19.1. The standard InChI is InChI=1S/C17H15F2N5O/c1-9-6-23-17(20)24-15(9)11-4-14(21-8-11)16(25)22-7-10-2-12(18)5-13(19)3-10/h2-6,8,21H,7H2,1H3,(H,22,25)(H2,20,23,24). The molecule has 8 heteroatoms. The highest BCUT2D eigenvalue weighted by molar-refractivity contribution is 5.93. The lowest BCUT2D eigenvalue weighted by atomic mass is 10.1. The van der Waals surface area contributed by atoms with E-state index in [4.69, 9.17) is 5.73 Å². The number of nitrogens with two attached hydrogens (primary N) is 1. The number of nitrogen functional groups attached to an aromatic ring is 1. The zero-order chi connectivity index (χ0) is 18.0. The lowest BCUT2D eigenvalue weighted by molar-refractivity contribution is 0.0946. The van der Waals surface area contributed by atoms with Gasteiger partial charge in [0.1, 0.15) is 17.3 Å². The number of hydrogen-bond donors (Lipinski definition) is 3. The fourth-order valence-electron chi connectivity index (χ4n) is 2.40. The van der Waals surface area contributed by atoms with E-state index in [0.29, 0.717) is 22.5 Å². The summed E-state index contributed by atoms with van der Waals surface area (Å²) < 4.78 is 26.3. The van der Waals surface area contributed by atoms with Crippen LogP contribution in [-0.2, 0) is 6.54 Å². The molecule has 128 valence electrons. The zero-order valence-corrected chi connectivity index (χ0v) is 13.3. The lowest BCUT2D eigenvalue weighted by Gasteiger charge is -2.05. The normalized spacial score (nSPS) is 10.7. The number of nitrogens with one attached hydrogen (secondary N) is 2. The molecule has 0 fully saturated rings. The quantitative estimate of drug-likeness (QED) is 0.678. The van der Waals surface area contributed by atoms with Crippen LogP contribution in [0.1, 0.15) is 21.6 Å². The molecule has 3 aromatic rings. The molecule has 0 spiro atoms. The van der Waals surface area contributed by atoms with Gasteiger partial charge < -0.3 is 16.0 Å². The second-order valence-electron chi connectivity index (χ2n) is 5.52. The van der Waals surface area contributed by atoms with E-state index >= 15 is 0 Å². The van der Waals surface area contributed by atoms with Crippen molar-refractivity contribution in [2.75, 3.05) is 5.73 Å². The average molecular weight is 343 g/mol. The smallest absolute Gasteiger partial charge is 0.267 e. The predicted molar refractivity (Wildman–Crippen MR) is 88.5 cm³/mol. The molecule has 0 saturated carbocycles. The molecule has 0 radical (unpaired) electrons. The first-order valence-corrected chi connectivity index (χ1v) is 7.43. The number of aryl methyl sites for hydroxylation is 1. The number of rotatable bonds is 4. The third kappa shape index (κ3) is 3.79. The predicted octanol–water partition coefficient (Wildman–Crippen LogP) is 2.57. The SMILES string of the molecule is Cc1cnc(N)nc1-c1c[nH]c(C(=O)NCc2cc(F)cc(F)c2)c1. The van der Waals surface area contributed by atoms with Gasteiger partial charge in [-0.25, -0.2) is 18.7 Å². The molecule has 0 unspecified atom stereocenters. The van der Waals surface area contributed by atoms with Crippen LogP contribution in [0.4, 0.5) is 14.7 Å². The molecule has 0 aliphatic carbocycles. The van der Waals surface area contributed by atoms with Crippen LogP contribution in [0, 0.1) is 18.6 Å². The number of H-pyrrole nitrogens is 1. The van der Waals surface area contributed by atoms with E-state index in [0.717, 1.165) is 23.8 Å². The number of amides is 1. The fourth-order valence-corrected chi connectivity index (χ4v) is 2.40. The van der Waals surface area contributed by atoms with Gasteiger partial charge in [0.25, 0.3) is 5.91 Å². The summed E-state index contributed by atoms with van der Waals surface area (Å²) in [5.41, 5.74) is 8.34. The van der Waals surface area contributed by atoms with E-state index < -0.39 is 17.5 Å². The molecule has 1 aromatic carbocycles. The van der Waals surface area contributed by atoms with Gasteiger partial charge in [-0.2, -0.15) is 0 Å². The van der Waals surface area contributed by atoms with Gasteiger partial charge in [0, 0.05) is 30.6 Å². The first-order valence-electron chi connectivity index (χ1n) is 7.43. The third-order valence-electron chi connectivity index (χ3n) is 3.57. The number of hydrogen-bond acceptors (Lipinski definition) is 4. The molecular weight excluding hydrogens is 328 g/mol. The van der Waals surface area contributed by atoms with Crippen LogP contribution in [0.5, 0.6) is 0 Å². The summed E-state index contributed by atoms with van der Waals surface area (Å²) in [5.74, 6) is -1.65. The Morgan fingerprint density at radius 1 is 1.24 bits per heavy atom. The molecule has 0 atom stereocenters. The topological polar surface area (TPSA) is 96.7 Å². The number of benzene rings is 1.